The van der Waals surface area contributed by atoms with Crippen molar-refractivity contribution in [2.24, 2.45) is 0 Å². The number of hydrazine groups is 1. The number of amides is 2. The molecule has 0 heterocycles. The van der Waals surface area contributed by atoms with E-state index < -0.39 is 0 Å². The fourth-order valence-corrected chi connectivity index (χ4v) is 2.48. The standard InChI is InChI=1S/C20H23N3O2S/c1-13-7-5-6-8-16(13)18(25)22-23-19(26)21-17(24)14-9-11-15(12-10-14)20(2,3)4/h5-12H,1-4H3,(H,22,25)(H2,21,23,24,26). The van der Waals surface area contributed by atoms with Crippen LogP contribution in [0.2, 0.25) is 0 Å². The van der Waals surface area contributed by atoms with Crippen molar-refractivity contribution in [3.8, 4) is 0 Å². The van der Waals surface area contributed by atoms with Gasteiger partial charge in [-0.05, 0) is 53.9 Å². The van der Waals surface area contributed by atoms with E-state index in [2.05, 4.69) is 36.9 Å². The van der Waals surface area contributed by atoms with Crippen LogP contribution in [0.15, 0.2) is 48.5 Å². The van der Waals surface area contributed by atoms with Gasteiger partial charge in [-0.3, -0.25) is 25.8 Å². The highest BCUT2D eigenvalue weighted by molar-refractivity contribution is 7.80. The first-order valence-electron chi connectivity index (χ1n) is 8.26. The number of thiocarbonyl (C=S) groups is 1. The van der Waals surface area contributed by atoms with Gasteiger partial charge in [-0.2, -0.15) is 0 Å². The molecule has 0 aliphatic heterocycles. The number of benzene rings is 2. The van der Waals surface area contributed by atoms with Gasteiger partial charge in [0.25, 0.3) is 11.8 Å². The van der Waals surface area contributed by atoms with E-state index in [0.29, 0.717) is 11.1 Å². The summed E-state index contributed by atoms with van der Waals surface area (Å²) in [7, 11) is 0. The molecule has 26 heavy (non-hydrogen) atoms. The number of nitrogens with one attached hydrogen (secondary N) is 3. The first kappa shape index (κ1) is 19.6. The Balaban J connectivity index is 1.90. The minimum Gasteiger partial charge on any atom is -0.298 e. The van der Waals surface area contributed by atoms with Gasteiger partial charge in [0.05, 0.1) is 0 Å². The van der Waals surface area contributed by atoms with E-state index in [1.165, 1.54) is 0 Å². The van der Waals surface area contributed by atoms with E-state index >= 15 is 0 Å². The van der Waals surface area contributed by atoms with E-state index in [1.807, 2.05) is 31.2 Å². The van der Waals surface area contributed by atoms with E-state index in [0.717, 1.165) is 11.1 Å². The lowest BCUT2D eigenvalue weighted by atomic mass is 9.87. The predicted molar refractivity (Wildman–Crippen MR) is 107 cm³/mol. The van der Waals surface area contributed by atoms with Gasteiger partial charge in [0.15, 0.2) is 5.11 Å². The fraction of sp³-hybridized carbons (Fsp3) is 0.250. The highest BCUT2D eigenvalue weighted by Crippen LogP contribution is 2.22. The van der Waals surface area contributed by atoms with Gasteiger partial charge >= 0.3 is 0 Å². The van der Waals surface area contributed by atoms with Gasteiger partial charge in [-0.15, -0.1) is 0 Å². The molecular weight excluding hydrogens is 346 g/mol. The maximum atomic E-state index is 12.2. The Labute approximate surface area is 159 Å². The maximum absolute atomic E-state index is 12.2. The zero-order chi connectivity index (χ0) is 19.3. The maximum Gasteiger partial charge on any atom is 0.269 e. The zero-order valence-corrected chi connectivity index (χ0v) is 16.2. The second-order valence-corrected chi connectivity index (χ2v) is 7.41. The molecule has 136 valence electrons. The van der Waals surface area contributed by atoms with Crippen molar-refractivity contribution >= 4 is 29.1 Å². The topological polar surface area (TPSA) is 70.2 Å². The summed E-state index contributed by atoms with van der Waals surface area (Å²) in [5, 5.41) is 2.57. The second-order valence-electron chi connectivity index (χ2n) is 7.00. The van der Waals surface area contributed by atoms with Crippen molar-refractivity contribution in [3.63, 3.8) is 0 Å². The van der Waals surface area contributed by atoms with Crippen LogP contribution in [-0.2, 0) is 5.41 Å². The average molecular weight is 369 g/mol. The van der Waals surface area contributed by atoms with Crippen LogP contribution in [0.5, 0.6) is 0 Å². The molecule has 0 saturated heterocycles. The number of carbonyl (C=O) groups excluding carboxylic acids is 2. The van der Waals surface area contributed by atoms with Crippen molar-refractivity contribution in [1.29, 1.82) is 0 Å². The molecule has 2 rings (SSSR count). The lowest BCUT2D eigenvalue weighted by Gasteiger charge is -2.19. The highest BCUT2D eigenvalue weighted by atomic mass is 32.1. The van der Waals surface area contributed by atoms with Gasteiger partial charge < -0.3 is 0 Å². The number of hydrogen-bond donors (Lipinski definition) is 3. The first-order chi connectivity index (χ1) is 12.2. The van der Waals surface area contributed by atoms with Crippen LogP contribution in [0.3, 0.4) is 0 Å². The first-order valence-corrected chi connectivity index (χ1v) is 8.67. The van der Waals surface area contributed by atoms with E-state index in [9.17, 15) is 9.59 Å². The van der Waals surface area contributed by atoms with Gasteiger partial charge in [0.1, 0.15) is 0 Å². The summed E-state index contributed by atoms with van der Waals surface area (Å²) < 4.78 is 0. The molecule has 5 nitrogen and oxygen atoms in total. The third-order valence-corrected chi connectivity index (χ3v) is 4.12. The van der Waals surface area contributed by atoms with Crippen molar-refractivity contribution < 1.29 is 9.59 Å². The van der Waals surface area contributed by atoms with Gasteiger partial charge in [-0.1, -0.05) is 51.1 Å². The smallest absolute Gasteiger partial charge is 0.269 e. The molecule has 0 aromatic heterocycles. The second kappa shape index (κ2) is 8.10. The Kier molecular flexibility index (Phi) is 6.10. The van der Waals surface area contributed by atoms with Crippen LogP contribution >= 0.6 is 12.2 Å². The van der Waals surface area contributed by atoms with Gasteiger partial charge in [0.2, 0.25) is 0 Å². The van der Waals surface area contributed by atoms with Crippen LogP contribution in [0.4, 0.5) is 0 Å². The normalized spacial score (nSPS) is 10.8. The number of carbonyl (C=O) groups is 2. The van der Waals surface area contributed by atoms with E-state index in [4.69, 9.17) is 12.2 Å². The minimum atomic E-state index is -0.340. The summed E-state index contributed by atoms with van der Waals surface area (Å²) in [5.74, 6) is -0.665. The summed E-state index contributed by atoms with van der Waals surface area (Å²) in [6, 6.07) is 14.5. The molecule has 2 aromatic carbocycles. The van der Waals surface area contributed by atoms with Crippen molar-refractivity contribution in [1.82, 2.24) is 16.2 Å². The molecule has 0 spiro atoms. The number of rotatable bonds is 2. The zero-order valence-electron chi connectivity index (χ0n) is 15.3. The summed E-state index contributed by atoms with van der Waals surface area (Å²) in [5.41, 5.74) is 8.06. The van der Waals surface area contributed by atoms with Crippen LogP contribution in [-0.4, -0.2) is 16.9 Å². The monoisotopic (exact) mass is 369 g/mol. The molecule has 0 unspecified atom stereocenters. The molecule has 0 radical (unpaired) electrons. The van der Waals surface area contributed by atoms with Crippen LogP contribution < -0.4 is 16.2 Å². The molecule has 6 heteroatoms. The van der Waals surface area contributed by atoms with E-state index in [1.54, 1.807) is 24.3 Å². The molecular formula is C20H23N3O2S. The Morgan fingerprint density at radius 1 is 0.885 bits per heavy atom. The summed E-state index contributed by atoms with van der Waals surface area (Å²) >= 11 is 5.06. The van der Waals surface area contributed by atoms with Crippen LogP contribution in [0.25, 0.3) is 0 Å². The summed E-state index contributed by atoms with van der Waals surface area (Å²) in [6.07, 6.45) is 0. The Bertz CT molecular complexity index is 824. The Morgan fingerprint density at radius 2 is 1.50 bits per heavy atom. The molecule has 0 saturated carbocycles. The third-order valence-electron chi connectivity index (χ3n) is 3.92. The number of hydrogen-bond acceptors (Lipinski definition) is 3. The fourth-order valence-electron chi connectivity index (χ4n) is 2.34. The SMILES string of the molecule is Cc1ccccc1C(=O)NNC(=S)NC(=O)c1ccc(C(C)(C)C)cc1. The molecule has 0 aliphatic carbocycles. The average Bonchev–Trinajstić information content (AvgIpc) is 2.59. The molecule has 3 N–H and O–H groups in total. The van der Waals surface area contributed by atoms with Gasteiger partial charge in [0, 0.05) is 11.1 Å². The third kappa shape index (κ3) is 5.13. The largest absolute Gasteiger partial charge is 0.298 e. The number of aryl methyl sites for hydroxylation is 1. The summed E-state index contributed by atoms with van der Waals surface area (Å²) in [6.45, 7) is 8.17. The highest BCUT2D eigenvalue weighted by Gasteiger charge is 2.15. The quantitative estimate of drug-likeness (QED) is 0.561. The van der Waals surface area contributed by atoms with Crippen molar-refractivity contribution in [3.05, 3.63) is 70.8 Å². The minimum absolute atomic E-state index is 0.0196. The van der Waals surface area contributed by atoms with E-state index in [-0.39, 0.29) is 22.3 Å². The molecule has 0 atom stereocenters. The lowest BCUT2D eigenvalue weighted by Crippen LogP contribution is -2.48. The summed E-state index contributed by atoms with van der Waals surface area (Å²) in [4.78, 5) is 24.3. The predicted octanol–water partition coefficient (Wildman–Crippen LogP) is 3.24. The lowest BCUT2D eigenvalue weighted by molar-refractivity contribution is 0.0934. The van der Waals surface area contributed by atoms with Gasteiger partial charge in [-0.25, -0.2) is 0 Å². The molecule has 0 aliphatic rings. The molecule has 2 amide bonds. The Morgan fingerprint density at radius 3 is 2.08 bits per heavy atom. The van der Waals surface area contributed by atoms with Crippen LogP contribution in [0.1, 0.15) is 52.6 Å². The Hall–Kier alpha value is -2.73. The molecule has 0 fully saturated rings. The molecule has 0 bridgehead atoms. The van der Waals surface area contributed by atoms with Crippen LogP contribution in [0, 0.1) is 6.92 Å². The van der Waals surface area contributed by atoms with Crippen molar-refractivity contribution in [2.45, 2.75) is 33.1 Å². The van der Waals surface area contributed by atoms with Crippen molar-refractivity contribution in [2.75, 3.05) is 0 Å². The molecule has 2 aromatic rings.